The van der Waals surface area contributed by atoms with Gasteiger partial charge in [0.15, 0.2) is 6.29 Å². The molecule has 5 nitrogen and oxygen atoms in total. The molecule has 16 heavy (non-hydrogen) atoms. The minimum atomic E-state index is 0.463. The minimum absolute atomic E-state index is 0.463. The number of aromatic nitrogens is 3. The third kappa shape index (κ3) is 1.67. The molecule has 0 radical (unpaired) electrons. The second-order valence-corrected chi connectivity index (χ2v) is 3.29. The van der Waals surface area contributed by atoms with E-state index in [4.69, 9.17) is 4.74 Å². The van der Waals surface area contributed by atoms with Crippen molar-refractivity contribution in [2.24, 2.45) is 0 Å². The minimum Gasteiger partial charge on any atom is -0.497 e. The fourth-order valence-corrected chi connectivity index (χ4v) is 1.41. The zero-order valence-corrected chi connectivity index (χ0v) is 9.04. The van der Waals surface area contributed by atoms with Gasteiger partial charge in [-0.2, -0.15) is 0 Å². The molecule has 0 bridgehead atoms. The number of carbonyl (C=O) groups excluding carboxylic acids is 1. The predicted molar refractivity (Wildman–Crippen MR) is 58.0 cm³/mol. The summed E-state index contributed by atoms with van der Waals surface area (Å²) in [6.07, 6.45) is 0.750. The third-order valence-corrected chi connectivity index (χ3v) is 2.31. The van der Waals surface area contributed by atoms with Crippen LogP contribution in [0.1, 0.15) is 16.2 Å². The molecule has 1 aromatic heterocycles. The summed E-state index contributed by atoms with van der Waals surface area (Å²) in [5, 5.41) is 7.76. The zero-order chi connectivity index (χ0) is 11.5. The van der Waals surface area contributed by atoms with Crippen LogP contribution >= 0.6 is 0 Å². The van der Waals surface area contributed by atoms with E-state index in [0.29, 0.717) is 11.4 Å². The lowest BCUT2D eigenvalue weighted by molar-refractivity contribution is 0.111. The summed E-state index contributed by atoms with van der Waals surface area (Å²) in [4.78, 5) is 10.9. The van der Waals surface area contributed by atoms with Gasteiger partial charge in [0.2, 0.25) is 0 Å². The summed E-state index contributed by atoms with van der Waals surface area (Å²) in [5.41, 5.74) is 1.86. The maximum Gasteiger partial charge on any atom is 0.170 e. The Morgan fingerprint density at radius 3 is 2.56 bits per heavy atom. The molecule has 0 atom stereocenters. The molecule has 0 saturated carbocycles. The van der Waals surface area contributed by atoms with Gasteiger partial charge in [-0.1, -0.05) is 5.21 Å². The Kier molecular flexibility index (Phi) is 2.68. The maximum atomic E-state index is 10.9. The highest BCUT2D eigenvalue weighted by atomic mass is 16.5. The van der Waals surface area contributed by atoms with Gasteiger partial charge in [0.25, 0.3) is 0 Å². The number of aldehydes is 1. The van der Waals surface area contributed by atoms with E-state index in [1.54, 1.807) is 26.2 Å². The lowest BCUT2D eigenvalue weighted by Crippen LogP contribution is -2.01. The summed E-state index contributed by atoms with van der Waals surface area (Å²) in [6.45, 7) is 1.75. The standard InChI is InChI=1S/C11H11N3O2/c1-8-11(7-15)14(13-12-8)9-3-5-10(16-2)6-4-9/h3-7H,1-2H3. The van der Waals surface area contributed by atoms with Crippen molar-refractivity contribution in [1.82, 2.24) is 15.0 Å². The van der Waals surface area contributed by atoms with E-state index in [2.05, 4.69) is 10.3 Å². The van der Waals surface area contributed by atoms with Crippen molar-refractivity contribution < 1.29 is 9.53 Å². The maximum absolute atomic E-state index is 10.9. The highest BCUT2D eigenvalue weighted by Gasteiger charge is 2.09. The van der Waals surface area contributed by atoms with Crippen LogP contribution in [0, 0.1) is 6.92 Å². The first kappa shape index (κ1) is 10.4. The van der Waals surface area contributed by atoms with Gasteiger partial charge in [0.05, 0.1) is 18.5 Å². The molecular formula is C11H11N3O2. The van der Waals surface area contributed by atoms with Crippen LogP contribution in [0.15, 0.2) is 24.3 Å². The number of ether oxygens (including phenoxy) is 1. The predicted octanol–water partition coefficient (Wildman–Crippen LogP) is 1.40. The Labute approximate surface area is 92.7 Å². The number of aryl methyl sites for hydroxylation is 1. The summed E-state index contributed by atoms with van der Waals surface area (Å²) < 4.78 is 6.55. The smallest absolute Gasteiger partial charge is 0.170 e. The largest absolute Gasteiger partial charge is 0.497 e. The van der Waals surface area contributed by atoms with Gasteiger partial charge in [0, 0.05) is 0 Å². The van der Waals surface area contributed by atoms with Crippen LogP contribution in [-0.4, -0.2) is 28.4 Å². The molecule has 1 heterocycles. The Hall–Kier alpha value is -2.17. The molecular weight excluding hydrogens is 206 g/mol. The van der Waals surface area contributed by atoms with Gasteiger partial charge in [0.1, 0.15) is 11.4 Å². The van der Waals surface area contributed by atoms with E-state index in [9.17, 15) is 4.79 Å². The summed E-state index contributed by atoms with van der Waals surface area (Å²) in [6, 6.07) is 7.25. The number of hydrogen-bond acceptors (Lipinski definition) is 4. The Morgan fingerprint density at radius 1 is 1.31 bits per heavy atom. The molecule has 0 fully saturated rings. The van der Waals surface area contributed by atoms with Crippen molar-refractivity contribution in [1.29, 1.82) is 0 Å². The molecule has 0 amide bonds. The molecule has 2 rings (SSSR count). The molecule has 0 N–H and O–H groups in total. The van der Waals surface area contributed by atoms with Crippen molar-refractivity contribution in [2.75, 3.05) is 7.11 Å². The van der Waals surface area contributed by atoms with Crippen LogP contribution in [0.3, 0.4) is 0 Å². The SMILES string of the molecule is COc1ccc(-n2nnc(C)c2C=O)cc1. The van der Waals surface area contributed by atoms with Gasteiger partial charge in [-0.25, -0.2) is 4.68 Å². The van der Waals surface area contributed by atoms with Crippen molar-refractivity contribution >= 4 is 6.29 Å². The fourth-order valence-electron chi connectivity index (χ4n) is 1.41. The van der Waals surface area contributed by atoms with Crippen LogP contribution in [-0.2, 0) is 0 Å². The second-order valence-electron chi connectivity index (χ2n) is 3.29. The summed E-state index contributed by atoms with van der Waals surface area (Å²) in [5.74, 6) is 0.758. The average Bonchev–Trinajstić information content (AvgIpc) is 2.70. The van der Waals surface area contributed by atoms with E-state index in [-0.39, 0.29) is 0 Å². The van der Waals surface area contributed by atoms with E-state index in [1.165, 1.54) is 4.68 Å². The van der Waals surface area contributed by atoms with Crippen molar-refractivity contribution in [3.63, 3.8) is 0 Å². The molecule has 0 unspecified atom stereocenters. The summed E-state index contributed by atoms with van der Waals surface area (Å²) >= 11 is 0. The quantitative estimate of drug-likeness (QED) is 0.729. The molecule has 0 aliphatic rings. The second kappa shape index (κ2) is 4.14. The van der Waals surface area contributed by atoms with E-state index < -0.39 is 0 Å². The number of rotatable bonds is 3. The van der Waals surface area contributed by atoms with Crippen LogP contribution in [0.5, 0.6) is 5.75 Å². The molecule has 0 spiro atoms. The van der Waals surface area contributed by atoms with Crippen molar-refractivity contribution in [3.05, 3.63) is 35.7 Å². The first-order valence-corrected chi connectivity index (χ1v) is 4.78. The van der Waals surface area contributed by atoms with Crippen LogP contribution in [0.4, 0.5) is 0 Å². The van der Waals surface area contributed by atoms with Gasteiger partial charge in [-0.15, -0.1) is 5.10 Å². The van der Waals surface area contributed by atoms with Crippen molar-refractivity contribution in [3.8, 4) is 11.4 Å². The third-order valence-electron chi connectivity index (χ3n) is 2.31. The number of carbonyl (C=O) groups is 1. The molecule has 2 aromatic rings. The van der Waals surface area contributed by atoms with Crippen LogP contribution < -0.4 is 4.74 Å². The molecule has 0 aliphatic carbocycles. The number of hydrogen-bond donors (Lipinski definition) is 0. The molecule has 0 saturated heterocycles. The van der Waals surface area contributed by atoms with Gasteiger partial charge < -0.3 is 4.74 Å². The number of benzene rings is 1. The molecule has 82 valence electrons. The lowest BCUT2D eigenvalue weighted by atomic mass is 10.3. The average molecular weight is 217 g/mol. The fraction of sp³-hybridized carbons (Fsp3) is 0.182. The van der Waals surface area contributed by atoms with Crippen molar-refractivity contribution in [2.45, 2.75) is 6.92 Å². The van der Waals surface area contributed by atoms with Gasteiger partial charge in [-0.3, -0.25) is 4.79 Å². The van der Waals surface area contributed by atoms with Crippen LogP contribution in [0.2, 0.25) is 0 Å². The topological polar surface area (TPSA) is 57.0 Å². The number of nitrogens with zero attached hydrogens (tertiary/aromatic N) is 3. The Bertz CT molecular complexity index is 502. The highest BCUT2D eigenvalue weighted by molar-refractivity contribution is 5.74. The first-order valence-electron chi connectivity index (χ1n) is 4.78. The van der Waals surface area contributed by atoms with E-state index in [0.717, 1.165) is 17.7 Å². The lowest BCUT2D eigenvalue weighted by Gasteiger charge is -2.03. The Morgan fingerprint density at radius 2 is 2.00 bits per heavy atom. The van der Waals surface area contributed by atoms with Gasteiger partial charge in [-0.05, 0) is 31.2 Å². The monoisotopic (exact) mass is 217 g/mol. The Balaban J connectivity index is 2.46. The highest BCUT2D eigenvalue weighted by Crippen LogP contribution is 2.15. The van der Waals surface area contributed by atoms with Gasteiger partial charge >= 0.3 is 0 Å². The van der Waals surface area contributed by atoms with E-state index >= 15 is 0 Å². The normalized spacial score (nSPS) is 10.1. The zero-order valence-electron chi connectivity index (χ0n) is 9.04. The van der Waals surface area contributed by atoms with E-state index in [1.807, 2.05) is 12.1 Å². The molecule has 1 aromatic carbocycles. The summed E-state index contributed by atoms with van der Waals surface area (Å²) in [7, 11) is 1.60. The molecule has 5 heteroatoms. The number of methoxy groups -OCH3 is 1. The van der Waals surface area contributed by atoms with Crippen LogP contribution in [0.25, 0.3) is 5.69 Å². The first-order chi connectivity index (χ1) is 7.76. The molecule has 0 aliphatic heterocycles.